The van der Waals surface area contributed by atoms with Gasteiger partial charge in [0, 0.05) is 6.20 Å². The molecule has 76 valence electrons. The van der Waals surface area contributed by atoms with E-state index >= 15 is 0 Å². The van der Waals surface area contributed by atoms with Crippen molar-refractivity contribution in [3.05, 3.63) is 16.0 Å². The van der Waals surface area contributed by atoms with E-state index in [-0.39, 0.29) is 5.28 Å². The van der Waals surface area contributed by atoms with Crippen LogP contribution in [0.15, 0.2) is 10.7 Å². The molecule has 5 nitrogen and oxygen atoms in total. The van der Waals surface area contributed by atoms with Gasteiger partial charge >= 0.3 is 5.97 Å². The van der Waals surface area contributed by atoms with Crippen LogP contribution >= 0.6 is 27.5 Å². The second kappa shape index (κ2) is 4.56. The van der Waals surface area contributed by atoms with E-state index in [4.69, 9.17) is 16.7 Å². The number of hydrogen-bond donors (Lipinski definition) is 2. The van der Waals surface area contributed by atoms with E-state index in [1.807, 2.05) is 0 Å². The Balaban J connectivity index is 2.85. The van der Waals surface area contributed by atoms with Gasteiger partial charge in [0.15, 0.2) is 0 Å². The highest BCUT2D eigenvalue weighted by Gasteiger charge is 2.13. The Morgan fingerprint density at radius 3 is 3.00 bits per heavy atom. The molecule has 0 aromatic carbocycles. The molecule has 0 aliphatic carbocycles. The van der Waals surface area contributed by atoms with Crippen molar-refractivity contribution in [3.8, 4) is 0 Å². The number of nitrogens with zero attached hydrogens (tertiary/aromatic N) is 2. The highest BCUT2D eigenvalue weighted by Crippen LogP contribution is 2.20. The monoisotopic (exact) mass is 279 g/mol. The van der Waals surface area contributed by atoms with Gasteiger partial charge in [0.1, 0.15) is 11.9 Å². The van der Waals surface area contributed by atoms with Gasteiger partial charge in [-0.05, 0) is 34.5 Å². The number of rotatable bonds is 3. The van der Waals surface area contributed by atoms with Crippen LogP contribution < -0.4 is 5.32 Å². The SMILES string of the molecule is C[C@H](Nc1nc(Cl)ncc1Br)C(=O)O. The van der Waals surface area contributed by atoms with E-state index in [1.54, 1.807) is 0 Å². The van der Waals surface area contributed by atoms with Gasteiger partial charge in [0.2, 0.25) is 5.28 Å². The third-order valence-electron chi connectivity index (χ3n) is 1.44. The Hall–Kier alpha value is -0.880. The zero-order valence-electron chi connectivity index (χ0n) is 7.16. The van der Waals surface area contributed by atoms with Crippen LogP contribution in [0.2, 0.25) is 5.28 Å². The van der Waals surface area contributed by atoms with E-state index in [0.717, 1.165) is 0 Å². The van der Waals surface area contributed by atoms with Gasteiger partial charge in [0.25, 0.3) is 0 Å². The third-order valence-corrected chi connectivity index (χ3v) is 2.20. The minimum atomic E-state index is -0.966. The van der Waals surface area contributed by atoms with Crippen molar-refractivity contribution in [1.29, 1.82) is 0 Å². The summed E-state index contributed by atoms with van der Waals surface area (Å²) in [6, 6.07) is -0.739. The van der Waals surface area contributed by atoms with Gasteiger partial charge in [0.05, 0.1) is 4.47 Å². The number of carboxylic acid groups (broad SMARTS) is 1. The Bertz CT molecular complexity index is 361. The lowest BCUT2D eigenvalue weighted by Gasteiger charge is -2.10. The maximum atomic E-state index is 10.5. The molecule has 1 heterocycles. The Kier molecular flexibility index (Phi) is 3.65. The second-order valence-electron chi connectivity index (χ2n) is 2.54. The first-order valence-electron chi connectivity index (χ1n) is 3.68. The summed E-state index contributed by atoms with van der Waals surface area (Å²) in [4.78, 5) is 18.1. The zero-order chi connectivity index (χ0) is 10.7. The van der Waals surface area contributed by atoms with Crippen LogP contribution in [0.1, 0.15) is 6.92 Å². The largest absolute Gasteiger partial charge is 0.480 e. The summed E-state index contributed by atoms with van der Waals surface area (Å²) in [6.45, 7) is 1.50. The molecule has 0 saturated heterocycles. The number of carbonyl (C=O) groups is 1. The van der Waals surface area contributed by atoms with Gasteiger partial charge in [-0.25, -0.2) is 4.98 Å². The lowest BCUT2D eigenvalue weighted by atomic mass is 10.3. The molecule has 1 atom stereocenters. The fourth-order valence-electron chi connectivity index (χ4n) is 0.714. The molecule has 0 fully saturated rings. The Morgan fingerprint density at radius 2 is 2.43 bits per heavy atom. The molecular weight excluding hydrogens is 273 g/mol. The lowest BCUT2D eigenvalue weighted by molar-refractivity contribution is -0.137. The first-order chi connectivity index (χ1) is 6.50. The summed E-state index contributed by atoms with van der Waals surface area (Å²) in [7, 11) is 0. The van der Waals surface area contributed by atoms with Crippen molar-refractivity contribution >= 4 is 39.3 Å². The van der Waals surface area contributed by atoms with E-state index in [2.05, 4.69) is 31.2 Å². The van der Waals surface area contributed by atoms with E-state index in [1.165, 1.54) is 13.1 Å². The van der Waals surface area contributed by atoms with E-state index in [0.29, 0.717) is 10.3 Å². The molecule has 2 N–H and O–H groups in total. The quantitative estimate of drug-likeness (QED) is 0.826. The third kappa shape index (κ3) is 2.81. The molecule has 0 saturated carbocycles. The normalized spacial score (nSPS) is 12.2. The molecule has 0 unspecified atom stereocenters. The average Bonchev–Trinajstić information content (AvgIpc) is 2.11. The summed E-state index contributed by atoms with van der Waals surface area (Å²) in [6.07, 6.45) is 1.45. The molecular formula is C7H7BrClN3O2. The number of halogens is 2. The van der Waals surface area contributed by atoms with E-state index < -0.39 is 12.0 Å². The van der Waals surface area contributed by atoms with Crippen LogP contribution in [0.25, 0.3) is 0 Å². The summed E-state index contributed by atoms with van der Waals surface area (Å²) in [5, 5.41) is 11.4. The predicted octanol–water partition coefficient (Wildman–Crippen LogP) is 1.78. The maximum Gasteiger partial charge on any atom is 0.325 e. The molecule has 0 aliphatic heterocycles. The smallest absolute Gasteiger partial charge is 0.325 e. The average molecular weight is 281 g/mol. The summed E-state index contributed by atoms with van der Waals surface area (Å²) in [5.74, 6) is -0.605. The number of carboxylic acids is 1. The van der Waals surface area contributed by atoms with Crippen molar-refractivity contribution in [2.45, 2.75) is 13.0 Å². The summed E-state index contributed by atoms with van der Waals surface area (Å²) >= 11 is 8.72. The molecule has 1 aromatic rings. The van der Waals surface area contributed by atoms with Crippen LogP contribution in [0.4, 0.5) is 5.82 Å². The van der Waals surface area contributed by atoms with Crippen molar-refractivity contribution in [1.82, 2.24) is 9.97 Å². The fourth-order valence-corrected chi connectivity index (χ4v) is 1.15. The molecule has 0 spiro atoms. The highest BCUT2D eigenvalue weighted by molar-refractivity contribution is 9.10. The minimum Gasteiger partial charge on any atom is -0.480 e. The number of aliphatic carboxylic acids is 1. The Labute approximate surface area is 93.6 Å². The maximum absolute atomic E-state index is 10.5. The molecule has 1 aromatic heterocycles. The molecule has 14 heavy (non-hydrogen) atoms. The standard InChI is InChI=1S/C7H7BrClN3O2/c1-3(6(13)14)11-5-4(8)2-10-7(9)12-5/h2-3H,1H3,(H,13,14)(H,10,11,12)/t3-/m0/s1. The number of nitrogens with one attached hydrogen (secondary N) is 1. The van der Waals surface area contributed by atoms with Crippen LogP contribution in [-0.4, -0.2) is 27.1 Å². The highest BCUT2D eigenvalue weighted by atomic mass is 79.9. The molecule has 0 radical (unpaired) electrons. The van der Waals surface area contributed by atoms with Crippen LogP contribution in [0.5, 0.6) is 0 Å². The number of anilines is 1. The number of aromatic nitrogens is 2. The van der Waals surface area contributed by atoms with Gasteiger partial charge in [-0.1, -0.05) is 0 Å². The molecule has 0 bridgehead atoms. The van der Waals surface area contributed by atoms with Crippen molar-refractivity contribution in [2.75, 3.05) is 5.32 Å². The van der Waals surface area contributed by atoms with E-state index in [9.17, 15) is 4.79 Å². The number of hydrogen-bond acceptors (Lipinski definition) is 4. The topological polar surface area (TPSA) is 75.1 Å². The summed E-state index contributed by atoms with van der Waals surface area (Å²) in [5.41, 5.74) is 0. The molecule has 0 amide bonds. The Morgan fingerprint density at radius 1 is 1.79 bits per heavy atom. The van der Waals surface area contributed by atoms with Crippen LogP contribution in [-0.2, 0) is 4.79 Å². The molecule has 1 rings (SSSR count). The van der Waals surface area contributed by atoms with Gasteiger partial charge in [-0.15, -0.1) is 0 Å². The van der Waals surface area contributed by atoms with Gasteiger partial charge in [-0.2, -0.15) is 4.98 Å². The van der Waals surface area contributed by atoms with Crippen molar-refractivity contribution in [2.24, 2.45) is 0 Å². The van der Waals surface area contributed by atoms with Gasteiger partial charge in [-0.3, -0.25) is 4.79 Å². The molecule has 7 heteroatoms. The first kappa shape index (κ1) is 11.2. The lowest BCUT2D eigenvalue weighted by Crippen LogP contribution is -2.26. The van der Waals surface area contributed by atoms with Crippen molar-refractivity contribution < 1.29 is 9.90 Å². The summed E-state index contributed by atoms with van der Waals surface area (Å²) < 4.78 is 0.565. The zero-order valence-corrected chi connectivity index (χ0v) is 9.50. The first-order valence-corrected chi connectivity index (χ1v) is 4.85. The minimum absolute atomic E-state index is 0.0632. The second-order valence-corrected chi connectivity index (χ2v) is 3.73. The van der Waals surface area contributed by atoms with Gasteiger partial charge < -0.3 is 10.4 Å². The molecule has 0 aliphatic rings. The predicted molar refractivity (Wildman–Crippen MR) is 55.5 cm³/mol. The van der Waals surface area contributed by atoms with Crippen molar-refractivity contribution in [3.63, 3.8) is 0 Å². The van der Waals surface area contributed by atoms with Crippen LogP contribution in [0, 0.1) is 0 Å². The fraction of sp³-hybridized carbons (Fsp3) is 0.286. The van der Waals surface area contributed by atoms with Crippen LogP contribution in [0.3, 0.4) is 0 Å².